The molecule has 1 saturated heterocycles. The predicted octanol–water partition coefficient (Wildman–Crippen LogP) is 4.06. The molecule has 3 heterocycles. The van der Waals surface area contributed by atoms with Crippen LogP contribution in [0, 0.1) is 5.92 Å². The van der Waals surface area contributed by atoms with E-state index in [0.717, 1.165) is 11.3 Å². The summed E-state index contributed by atoms with van der Waals surface area (Å²) in [5, 5.41) is 8.85. The Morgan fingerprint density at radius 1 is 1.33 bits per heavy atom. The summed E-state index contributed by atoms with van der Waals surface area (Å²) < 4.78 is 38.1. The lowest BCUT2D eigenvalue weighted by atomic mass is 9.97. The van der Waals surface area contributed by atoms with Crippen molar-refractivity contribution in [3.8, 4) is 17.1 Å². The van der Waals surface area contributed by atoms with E-state index >= 15 is 0 Å². The van der Waals surface area contributed by atoms with Crippen molar-refractivity contribution in [1.82, 2.24) is 14.4 Å². The number of aromatic nitrogens is 2. The molecule has 12 heteroatoms. The van der Waals surface area contributed by atoms with Crippen molar-refractivity contribution in [3.05, 3.63) is 40.6 Å². The lowest BCUT2D eigenvalue weighted by molar-refractivity contribution is -0.120. The molecule has 0 aliphatic carbocycles. The van der Waals surface area contributed by atoms with Gasteiger partial charge in [0, 0.05) is 42.1 Å². The number of piperidine rings is 1. The molecule has 0 unspecified atom stereocenters. The molecule has 9 nitrogen and oxygen atoms in total. The number of carbonyl (C=O) groups is 1. The SMILES string of the molecule is CCc1nc(-c2csc(S(=O)(=O)N3CCC(C(=O)Nc4ccc(OC)c(Cl)c4)CC3)c2)no1. The molecule has 0 atom stereocenters. The lowest BCUT2D eigenvalue weighted by Gasteiger charge is -2.30. The quantitative estimate of drug-likeness (QED) is 0.509. The summed E-state index contributed by atoms with van der Waals surface area (Å²) in [6, 6.07) is 6.58. The van der Waals surface area contributed by atoms with Crippen LogP contribution < -0.4 is 10.1 Å². The predicted molar refractivity (Wildman–Crippen MR) is 125 cm³/mol. The molecule has 1 aliphatic rings. The molecule has 1 N–H and O–H groups in total. The minimum absolute atomic E-state index is 0.157. The highest BCUT2D eigenvalue weighted by atomic mass is 35.5. The van der Waals surface area contributed by atoms with Crippen molar-refractivity contribution in [2.75, 3.05) is 25.5 Å². The molecular formula is C21H23ClN4O5S2. The summed E-state index contributed by atoms with van der Waals surface area (Å²) in [4.78, 5) is 16.9. The first-order valence-corrected chi connectivity index (χ1v) is 13.1. The highest BCUT2D eigenvalue weighted by Crippen LogP contribution is 2.32. The Hall–Kier alpha value is -2.47. The zero-order valence-electron chi connectivity index (χ0n) is 18.1. The van der Waals surface area contributed by atoms with E-state index in [1.54, 1.807) is 29.6 Å². The van der Waals surface area contributed by atoms with Crippen LogP contribution >= 0.6 is 22.9 Å². The number of thiophene rings is 1. The van der Waals surface area contributed by atoms with Gasteiger partial charge in [-0.25, -0.2) is 8.42 Å². The van der Waals surface area contributed by atoms with Gasteiger partial charge in [0.2, 0.25) is 17.6 Å². The van der Waals surface area contributed by atoms with E-state index in [4.69, 9.17) is 20.9 Å². The number of ether oxygens (including phenoxy) is 1. The second-order valence-corrected chi connectivity index (χ2v) is 11.0. The molecule has 1 amide bonds. The van der Waals surface area contributed by atoms with Crippen molar-refractivity contribution >= 4 is 44.6 Å². The molecular weight excluding hydrogens is 488 g/mol. The van der Waals surface area contributed by atoms with Gasteiger partial charge in [0.15, 0.2) is 0 Å². The Morgan fingerprint density at radius 2 is 2.09 bits per heavy atom. The van der Waals surface area contributed by atoms with Gasteiger partial charge in [0.1, 0.15) is 9.96 Å². The maximum Gasteiger partial charge on any atom is 0.252 e. The van der Waals surface area contributed by atoms with E-state index in [1.807, 2.05) is 6.92 Å². The van der Waals surface area contributed by atoms with Gasteiger partial charge in [0.25, 0.3) is 10.0 Å². The lowest BCUT2D eigenvalue weighted by Crippen LogP contribution is -2.41. The van der Waals surface area contributed by atoms with Gasteiger partial charge >= 0.3 is 0 Å². The van der Waals surface area contributed by atoms with Crippen molar-refractivity contribution < 1.29 is 22.5 Å². The number of amides is 1. The average Bonchev–Trinajstić information content (AvgIpc) is 3.49. The van der Waals surface area contributed by atoms with Crippen molar-refractivity contribution in [1.29, 1.82) is 0 Å². The summed E-state index contributed by atoms with van der Waals surface area (Å²) in [6.07, 6.45) is 1.46. The smallest absolute Gasteiger partial charge is 0.252 e. The summed E-state index contributed by atoms with van der Waals surface area (Å²) >= 11 is 7.24. The van der Waals surface area contributed by atoms with Crippen molar-refractivity contribution in [2.45, 2.75) is 30.4 Å². The number of nitrogens with zero attached hydrogens (tertiary/aromatic N) is 3. The zero-order valence-corrected chi connectivity index (χ0v) is 20.5. The molecule has 0 saturated carbocycles. The third-order valence-electron chi connectivity index (χ3n) is 5.44. The van der Waals surface area contributed by atoms with E-state index < -0.39 is 10.0 Å². The molecule has 4 rings (SSSR count). The highest BCUT2D eigenvalue weighted by molar-refractivity contribution is 7.91. The van der Waals surface area contributed by atoms with Gasteiger partial charge in [-0.15, -0.1) is 11.3 Å². The Labute approximate surface area is 200 Å². The van der Waals surface area contributed by atoms with Crippen LogP contribution in [-0.2, 0) is 21.2 Å². The van der Waals surface area contributed by atoms with Crippen LogP contribution in [-0.4, -0.2) is 49.0 Å². The summed E-state index contributed by atoms with van der Waals surface area (Å²) in [6.45, 7) is 2.43. The third-order valence-corrected chi connectivity index (χ3v) is 9.05. The number of nitrogens with one attached hydrogen (secondary N) is 1. The largest absolute Gasteiger partial charge is 0.495 e. The number of rotatable bonds is 7. The van der Waals surface area contributed by atoms with Crippen LogP contribution in [0.2, 0.25) is 5.02 Å². The fraction of sp³-hybridized carbons (Fsp3) is 0.381. The fourth-order valence-corrected chi connectivity index (χ4v) is 6.60. The fourth-order valence-electron chi connectivity index (χ4n) is 3.56. The topological polar surface area (TPSA) is 115 Å². The van der Waals surface area contributed by atoms with Gasteiger partial charge < -0.3 is 14.6 Å². The number of halogens is 1. The van der Waals surface area contributed by atoms with E-state index in [-0.39, 0.29) is 29.1 Å². The monoisotopic (exact) mass is 510 g/mol. The number of benzene rings is 1. The van der Waals surface area contributed by atoms with Crippen LogP contribution in [0.5, 0.6) is 5.75 Å². The Morgan fingerprint density at radius 3 is 2.73 bits per heavy atom. The third kappa shape index (κ3) is 5.06. The van der Waals surface area contributed by atoms with Gasteiger partial charge in [-0.1, -0.05) is 23.7 Å². The standard InChI is InChI=1S/C21H23ClN4O5S2/c1-3-18-24-20(25-31-18)14-10-19(32-12-14)33(28,29)26-8-6-13(7-9-26)21(27)23-15-4-5-17(30-2)16(22)11-15/h4-5,10-13H,3,6-9H2,1-2H3,(H,23,27). The molecule has 2 aromatic heterocycles. The van der Waals surface area contributed by atoms with Crippen LogP contribution in [0.1, 0.15) is 25.7 Å². The van der Waals surface area contributed by atoms with E-state index in [2.05, 4.69) is 15.5 Å². The number of methoxy groups -OCH3 is 1. The molecule has 0 radical (unpaired) electrons. The van der Waals surface area contributed by atoms with Gasteiger partial charge in [0.05, 0.1) is 12.1 Å². The van der Waals surface area contributed by atoms with E-state index in [1.165, 1.54) is 11.4 Å². The van der Waals surface area contributed by atoms with Crippen molar-refractivity contribution in [3.63, 3.8) is 0 Å². The van der Waals surface area contributed by atoms with Gasteiger partial charge in [-0.05, 0) is 37.1 Å². The molecule has 33 heavy (non-hydrogen) atoms. The maximum atomic E-state index is 13.1. The van der Waals surface area contributed by atoms with E-state index in [0.29, 0.717) is 53.0 Å². The minimum Gasteiger partial charge on any atom is -0.495 e. The highest BCUT2D eigenvalue weighted by Gasteiger charge is 2.33. The van der Waals surface area contributed by atoms with Crippen LogP contribution in [0.3, 0.4) is 0 Å². The number of hydrogen-bond acceptors (Lipinski definition) is 8. The number of aryl methyl sites for hydroxylation is 1. The second-order valence-electron chi connectivity index (χ2n) is 7.54. The van der Waals surface area contributed by atoms with Crippen LogP contribution in [0.25, 0.3) is 11.4 Å². The molecule has 1 aromatic carbocycles. The normalized spacial score (nSPS) is 15.5. The van der Waals surface area contributed by atoms with E-state index in [9.17, 15) is 13.2 Å². The average molecular weight is 511 g/mol. The first-order valence-electron chi connectivity index (χ1n) is 10.4. The van der Waals surface area contributed by atoms with Gasteiger partial charge in [-0.3, -0.25) is 4.79 Å². The summed E-state index contributed by atoms with van der Waals surface area (Å²) in [7, 11) is -2.15. The maximum absolute atomic E-state index is 13.1. The minimum atomic E-state index is -3.67. The summed E-state index contributed by atoms with van der Waals surface area (Å²) in [5.41, 5.74) is 1.18. The first-order chi connectivity index (χ1) is 15.8. The Bertz CT molecular complexity index is 1250. The number of carbonyl (C=O) groups excluding carboxylic acids is 1. The number of sulfonamides is 1. The zero-order chi connectivity index (χ0) is 23.6. The Balaban J connectivity index is 1.38. The number of hydrogen-bond donors (Lipinski definition) is 1. The molecule has 0 spiro atoms. The second kappa shape index (κ2) is 9.80. The van der Waals surface area contributed by atoms with Gasteiger partial charge in [-0.2, -0.15) is 9.29 Å². The van der Waals surface area contributed by atoms with Crippen LogP contribution in [0.4, 0.5) is 5.69 Å². The Kier molecular flexibility index (Phi) is 7.03. The number of anilines is 1. The van der Waals surface area contributed by atoms with Crippen LogP contribution in [0.15, 0.2) is 38.4 Å². The molecule has 3 aromatic rings. The summed E-state index contributed by atoms with van der Waals surface area (Å²) in [5.74, 6) is 0.949. The molecule has 0 bridgehead atoms. The molecule has 176 valence electrons. The first kappa shape index (κ1) is 23.7. The molecule has 1 fully saturated rings. The van der Waals surface area contributed by atoms with Crippen molar-refractivity contribution in [2.24, 2.45) is 5.92 Å². The molecule has 1 aliphatic heterocycles.